The molecule has 1 rings (SSSR count). The molecule has 0 amide bonds. The number of nitrogens with zero attached hydrogens (tertiary/aromatic N) is 3. The van der Waals surface area contributed by atoms with E-state index in [1.54, 1.807) is 11.6 Å². The summed E-state index contributed by atoms with van der Waals surface area (Å²) in [5, 5.41) is 4.06. The van der Waals surface area contributed by atoms with Crippen molar-refractivity contribution in [3.8, 4) is 0 Å². The van der Waals surface area contributed by atoms with E-state index in [1.807, 2.05) is 0 Å². The molecule has 1 heterocycles. The van der Waals surface area contributed by atoms with E-state index in [0.29, 0.717) is 12.2 Å². The highest BCUT2D eigenvalue weighted by Crippen LogP contribution is 2.19. The Kier molecular flexibility index (Phi) is 4.20. The standard InChI is InChI=1S/C10H19FN4/c1-3-5-15-9(13-8-14-15)6-10(11,4-2)7-12/h8H,3-7,12H2,1-2H3. The molecular formula is C10H19FN4. The average Bonchev–Trinajstić information content (AvgIpc) is 2.66. The minimum atomic E-state index is -1.35. The second kappa shape index (κ2) is 5.21. The van der Waals surface area contributed by atoms with Crippen molar-refractivity contribution in [3.63, 3.8) is 0 Å². The SMILES string of the molecule is CCCn1ncnc1CC(F)(CC)CN. The molecule has 0 saturated carbocycles. The maximum absolute atomic E-state index is 14.0. The lowest BCUT2D eigenvalue weighted by Crippen LogP contribution is -2.35. The van der Waals surface area contributed by atoms with Gasteiger partial charge in [0.15, 0.2) is 0 Å². The number of hydrogen-bond acceptors (Lipinski definition) is 3. The zero-order valence-electron chi connectivity index (χ0n) is 9.41. The number of aryl methyl sites for hydroxylation is 1. The lowest BCUT2D eigenvalue weighted by Gasteiger charge is -2.21. The Balaban J connectivity index is 2.74. The third kappa shape index (κ3) is 2.99. The van der Waals surface area contributed by atoms with Crippen LogP contribution in [0.1, 0.15) is 32.5 Å². The first-order valence-electron chi connectivity index (χ1n) is 5.41. The summed E-state index contributed by atoms with van der Waals surface area (Å²) in [6.45, 7) is 4.66. The Labute approximate surface area is 89.7 Å². The number of nitrogens with two attached hydrogens (primary N) is 1. The van der Waals surface area contributed by atoms with Crippen molar-refractivity contribution in [1.29, 1.82) is 0 Å². The summed E-state index contributed by atoms with van der Waals surface area (Å²) >= 11 is 0. The summed E-state index contributed by atoms with van der Waals surface area (Å²) in [4.78, 5) is 4.07. The van der Waals surface area contributed by atoms with Crippen LogP contribution in [-0.2, 0) is 13.0 Å². The predicted molar refractivity (Wildman–Crippen MR) is 57.2 cm³/mol. The molecule has 0 aliphatic rings. The van der Waals surface area contributed by atoms with Gasteiger partial charge in [-0.15, -0.1) is 0 Å². The highest BCUT2D eigenvalue weighted by atomic mass is 19.1. The van der Waals surface area contributed by atoms with Crippen LogP contribution in [0.25, 0.3) is 0 Å². The smallest absolute Gasteiger partial charge is 0.138 e. The van der Waals surface area contributed by atoms with Gasteiger partial charge in [-0.05, 0) is 12.8 Å². The zero-order valence-corrected chi connectivity index (χ0v) is 9.41. The van der Waals surface area contributed by atoms with Crippen LogP contribution in [0, 0.1) is 0 Å². The fourth-order valence-electron chi connectivity index (χ4n) is 1.45. The van der Waals surface area contributed by atoms with E-state index in [0.717, 1.165) is 13.0 Å². The van der Waals surface area contributed by atoms with Crippen molar-refractivity contribution in [2.75, 3.05) is 6.54 Å². The monoisotopic (exact) mass is 214 g/mol. The van der Waals surface area contributed by atoms with Gasteiger partial charge in [-0.3, -0.25) is 0 Å². The average molecular weight is 214 g/mol. The molecule has 2 N–H and O–H groups in total. The first-order chi connectivity index (χ1) is 7.15. The lowest BCUT2D eigenvalue weighted by molar-refractivity contribution is 0.162. The minimum absolute atomic E-state index is 0.0302. The summed E-state index contributed by atoms with van der Waals surface area (Å²) in [6.07, 6.45) is 3.09. The molecule has 1 aromatic heterocycles. The van der Waals surface area contributed by atoms with Crippen molar-refractivity contribution in [3.05, 3.63) is 12.2 Å². The molecule has 0 fully saturated rings. The number of alkyl halides is 1. The molecular weight excluding hydrogens is 195 g/mol. The molecule has 0 saturated heterocycles. The first kappa shape index (κ1) is 12.1. The molecule has 1 atom stereocenters. The lowest BCUT2D eigenvalue weighted by atomic mass is 9.98. The van der Waals surface area contributed by atoms with E-state index >= 15 is 0 Å². The summed E-state index contributed by atoms with van der Waals surface area (Å²) in [7, 11) is 0. The molecule has 4 nitrogen and oxygen atoms in total. The van der Waals surface area contributed by atoms with Gasteiger partial charge < -0.3 is 5.73 Å². The molecule has 0 aliphatic carbocycles. The van der Waals surface area contributed by atoms with Gasteiger partial charge in [-0.1, -0.05) is 13.8 Å². The third-order valence-electron chi connectivity index (χ3n) is 2.61. The van der Waals surface area contributed by atoms with E-state index in [9.17, 15) is 4.39 Å². The van der Waals surface area contributed by atoms with E-state index in [4.69, 9.17) is 5.73 Å². The molecule has 0 aromatic carbocycles. The second-order valence-corrected chi connectivity index (χ2v) is 3.78. The maximum Gasteiger partial charge on any atom is 0.138 e. The van der Waals surface area contributed by atoms with Crippen molar-refractivity contribution in [1.82, 2.24) is 14.8 Å². The van der Waals surface area contributed by atoms with Crippen LogP contribution in [0.5, 0.6) is 0 Å². The van der Waals surface area contributed by atoms with Crippen molar-refractivity contribution < 1.29 is 4.39 Å². The summed E-state index contributed by atoms with van der Waals surface area (Å²) < 4.78 is 15.8. The molecule has 1 unspecified atom stereocenters. The first-order valence-corrected chi connectivity index (χ1v) is 5.41. The number of hydrogen-bond donors (Lipinski definition) is 1. The van der Waals surface area contributed by atoms with Gasteiger partial charge in [0.05, 0.1) is 0 Å². The molecule has 0 aliphatic heterocycles. The van der Waals surface area contributed by atoms with Crippen LogP contribution < -0.4 is 5.73 Å². The van der Waals surface area contributed by atoms with Crippen LogP contribution in [0.3, 0.4) is 0 Å². The van der Waals surface area contributed by atoms with Gasteiger partial charge in [0, 0.05) is 19.5 Å². The van der Waals surface area contributed by atoms with Gasteiger partial charge >= 0.3 is 0 Å². The van der Waals surface area contributed by atoms with Crippen molar-refractivity contribution in [2.45, 2.75) is 45.3 Å². The molecule has 86 valence electrons. The van der Waals surface area contributed by atoms with Crippen molar-refractivity contribution in [2.24, 2.45) is 5.73 Å². The fourth-order valence-corrected chi connectivity index (χ4v) is 1.45. The Morgan fingerprint density at radius 2 is 2.27 bits per heavy atom. The summed E-state index contributed by atoms with van der Waals surface area (Å²) in [5.41, 5.74) is 4.08. The highest BCUT2D eigenvalue weighted by molar-refractivity contribution is 4.95. The molecule has 0 radical (unpaired) electrons. The Morgan fingerprint density at radius 1 is 1.53 bits per heavy atom. The van der Waals surface area contributed by atoms with Crippen LogP contribution in [0.15, 0.2) is 6.33 Å². The van der Waals surface area contributed by atoms with Crippen LogP contribution in [0.2, 0.25) is 0 Å². The molecule has 15 heavy (non-hydrogen) atoms. The maximum atomic E-state index is 14.0. The second-order valence-electron chi connectivity index (χ2n) is 3.78. The van der Waals surface area contributed by atoms with Gasteiger partial charge in [-0.2, -0.15) is 5.10 Å². The summed E-state index contributed by atoms with van der Waals surface area (Å²) in [5.74, 6) is 0.687. The zero-order chi connectivity index (χ0) is 11.3. The fraction of sp³-hybridized carbons (Fsp3) is 0.800. The van der Waals surface area contributed by atoms with Gasteiger partial charge in [0.1, 0.15) is 17.8 Å². The van der Waals surface area contributed by atoms with Crippen LogP contribution in [-0.4, -0.2) is 27.0 Å². The third-order valence-corrected chi connectivity index (χ3v) is 2.61. The van der Waals surface area contributed by atoms with Crippen LogP contribution in [0.4, 0.5) is 4.39 Å². The highest BCUT2D eigenvalue weighted by Gasteiger charge is 2.28. The molecule has 0 bridgehead atoms. The topological polar surface area (TPSA) is 56.7 Å². The number of aromatic nitrogens is 3. The minimum Gasteiger partial charge on any atom is -0.328 e. The Morgan fingerprint density at radius 3 is 2.80 bits per heavy atom. The van der Waals surface area contributed by atoms with Gasteiger partial charge in [0.2, 0.25) is 0 Å². The molecule has 1 aromatic rings. The van der Waals surface area contributed by atoms with Crippen LogP contribution >= 0.6 is 0 Å². The molecule has 0 spiro atoms. The summed E-state index contributed by atoms with van der Waals surface area (Å²) in [6, 6.07) is 0. The Hall–Kier alpha value is -0.970. The predicted octanol–water partition coefficient (Wildman–Crippen LogP) is 1.31. The van der Waals surface area contributed by atoms with Gasteiger partial charge in [-0.25, -0.2) is 14.1 Å². The van der Waals surface area contributed by atoms with E-state index in [-0.39, 0.29) is 13.0 Å². The quantitative estimate of drug-likeness (QED) is 0.776. The molecule has 5 heteroatoms. The largest absolute Gasteiger partial charge is 0.328 e. The van der Waals surface area contributed by atoms with Gasteiger partial charge in [0.25, 0.3) is 0 Å². The van der Waals surface area contributed by atoms with Crippen molar-refractivity contribution >= 4 is 0 Å². The Bertz CT molecular complexity index is 293. The number of rotatable bonds is 6. The number of halogens is 1. The normalized spacial score (nSPS) is 15.2. The van der Waals surface area contributed by atoms with E-state index in [2.05, 4.69) is 17.0 Å². The van der Waals surface area contributed by atoms with E-state index in [1.165, 1.54) is 6.33 Å². The van der Waals surface area contributed by atoms with E-state index < -0.39 is 5.67 Å².